The van der Waals surface area contributed by atoms with Gasteiger partial charge in [0.05, 0.1) is 19.0 Å². The van der Waals surface area contributed by atoms with Gasteiger partial charge in [-0.15, -0.1) is 11.7 Å². The predicted octanol–water partition coefficient (Wildman–Crippen LogP) is 4.92. The van der Waals surface area contributed by atoms with E-state index in [1.807, 2.05) is 12.1 Å². The van der Waals surface area contributed by atoms with E-state index in [4.69, 9.17) is 4.74 Å². The number of rotatable bonds is 3. The monoisotopic (exact) mass is 298 g/mol. The predicted molar refractivity (Wildman–Crippen MR) is 78.2 cm³/mol. The van der Waals surface area contributed by atoms with Crippen molar-refractivity contribution in [1.29, 1.82) is 0 Å². The highest BCUT2D eigenvalue weighted by Gasteiger charge is 2.34. The van der Waals surface area contributed by atoms with Crippen LogP contribution in [-0.4, -0.2) is 7.11 Å². The van der Waals surface area contributed by atoms with Gasteiger partial charge < -0.3 is 4.74 Å². The van der Waals surface area contributed by atoms with Crippen molar-refractivity contribution < 1.29 is 4.74 Å². The highest BCUT2D eigenvalue weighted by molar-refractivity contribution is 9.50. The topological polar surface area (TPSA) is 9.23 Å². The molecule has 1 aliphatic heterocycles. The summed E-state index contributed by atoms with van der Waals surface area (Å²) in [6.07, 6.45) is -0.0972. The Balaban J connectivity index is 2.10. The maximum absolute atomic E-state index is 5.34. The molecule has 1 saturated heterocycles. The summed E-state index contributed by atoms with van der Waals surface area (Å²) in [4.78, 5) is 0. The molecule has 0 N–H and O–H groups in total. The molecule has 2 rings (SSSR count). The van der Waals surface area contributed by atoms with Gasteiger partial charge in [-0.3, -0.25) is 0 Å². The molecule has 1 heterocycles. The van der Waals surface area contributed by atoms with Gasteiger partial charge in [0, 0.05) is 5.30 Å². The van der Waals surface area contributed by atoms with E-state index >= 15 is 0 Å². The number of methoxy groups -OCH3 is 1. The van der Waals surface area contributed by atoms with Crippen LogP contribution in [0.4, 0.5) is 0 Å². The number of hydrogen-bond acceptors (Lipinski definition) is 5. The highest BCUT2D eigenvalue weighted by atomic mass is 33.8. The van der Waals surface area contributed by atoms with Gasteiger partial charge in [0.25, 0.3) is 0 Å². The minimum atomic E-state index is -0.0972. The fourth-order valence-electron chi connectivity index (χ4n) is 1.03. The molecule has 0 saturated carbocycles. The van der Waals surface area contributed by atoms with Gasteiger partial charge in [-0.1, -0.05) is 34.1 Å². The zero-order chi connectivity index (χ0) is 9.97. The highest BCUT2D eigenvalue weighted by Crippen LogP contribution is 3.00. The van der Waals surface area contributed by atoms with Crippen molar-refractivity contribution >= 4 is 61.2 Å². The minimum absolute atomic E-state index is 0.0115. The average Bonchev–Trinajstić information content (AvgIpc) is 2.17. The number of hydrogen-bond donors (Lipinski definition) is 1. The van der Waals surface area contributed by atoms with Crippen LogP contribution >= 0.6 is 55.9 Å². The second kappa shape index (κ2) is 5.56. The second-order valence-electron chi connectivity index (χ2n) is 2.40. The maximum Gasteiger partial charge on any atom is 0.128 e. The minimum Gasteiger partial charge on any atom is -0.496 e. The molecule has 1 nitrogen and oxygen atoms in total. The molecule has 0 radical (unpaired) electrons. The number of thiol groups is 1. The van der Waals surface area contributed by atoms with E-state index in [1.54, 1.807) is 17.5 Å². The summed E-state index contributed by atoms with van der Waals surface area (Å²) >= 11 is 8.34. The van der Waals surface area contributed by atoms with E-state index in [0.717, 1.165) is 5.75 Å². The Morgan fingerprint density at radius 2 is 2.07 bits per heavy atom. The Kier molecular flexibility index (Phi) is 4.67. The van der Waals surface area contributed by atoms with E-state index < -0.39 is 0 Å². The van der Waals surface area contributed by atoms with Gasteiger partial charge in [0.15, 0.2) is 0 Å². The summed E-state index contributed by atoms with van der Waals surface area (Å²) in [5, 5.41) is 1.36. The smallest absolute Gasteiger partial charge is 0.128 e. The van der Waals surface area contributed by atoms with E-state index in [2.05, 4.69) is 45.8 Å². The SMILES string of the molecule is COc1ccccc1P1SP(SS)S1. The Morgan fingerprint density at radius 3 is 2.71 bits per heavy atom. The van der Waals surface area contributed by atoms with E-state index in [-0.39, 0.29) is 11.9 Å². The van der Waals surface area contributed by atoms with Gasteiger partial charge >= 0.3 is 0 Å². The molecule has 0 aliphatic carbocycles. The Hall–Kier alpha value is 1.28. The Morgan fingerprint density at radius 1 is 1.36 bits per heavy atom. The van der Waals surface area contributed by atoms with Gasteiger partial charge in [0.2, 0.25) is 0 Å². The molecule has 0 bridgehead atoms. The summed E-state index contributed by atoms with van der Waals surface area (Å²) < 4.78 is 5.34. The third-order valence-electron chi connectivity index (χ3n) is 1.63. The fourth-order valence-corrected chi connectivity index (χ4v) is 26.6. The molecule has 1 aromatic rings. The van der Waals surface area contributed by atoms with Crippen LogP contribution in [0.3, 0.4) is 0 Å². The summed E-state index contributed by atoms with van der Waals surface area (Å²) in [5.74, 6) is 1.03. The lowest BCUT2D eigenvalue weighted by Crippen LogP contribution is -2.03. The Labute approximate surface area is 103 Å². The molecular formula is C7H8OP2S4. The first kappa shape index (κ1) is 11.8. The molecule has 0 unspecified atom stereocenters. The quantitative estimate of drug-likeness (QED) is 0.481. The first-order valence-electron chi connectivity index (χ1n) is 3.76. The first-order valence-corrected chi connectivity index (χ1v) is 13.0. The molecule has 0 spiro atoms. The van der Waals surface area contributed by atoms with Crippen molar-refractivity contribution in [2.75, 3.05) is 7.11 Å². The van der Waals surface area contributed by atoms with Crippen molar-refractivity contribution in [3.8, 4) is 5.75 Å². The molecule has 14 heavy (non-hydrogen) atoms. The van der Waals surface area contributed by atoms with E-state index in [1.165, 1.54) is 5.30 Å². The lowest BCUT2D eigenvalue weighted by Gasteiger charge is -2.31. The molecule has 0 amide bonds. The summed E-state index contributed by atoms with van der Waals surface area (Å²) in [7, 11) is 3.42. The molecule has 0 aromatic heterocycles. The van der Waals surface area contributed by atoms with Gasteiger partial charge in [-0.25, -0.2) is 0 Å². The van der Waals surface area contributed by atoms with Crippen LogP contribution in [0.2, 0.25) is 0 Å². The lowest BCUT2D eigenvalue weighted by atomic mass is 10.3. The standard InChI is InChI=1S/C7H8OP2S4/c1-8-6-4-2-3-5-7(6)9-12-10(13-9)14-11/h2-5,11H,1H3. The van der Waals surface area contributed by atoms with Crippen molar-refractivity contribution in [3.05, 3.63) is 24.3 Å². The zero-order valence-corrected chi connectivity index (χ0v) is 12.4. The van der Waals surface area contributed by atoms with Crippen LogP contribution in [0.1, 0.15) is 0 Å². The Bertz CT molecular complexity index is 318. The molecular weight excluding hydrogens is 290 g/mol. The van der Waals surface area contributed by atoms with Crippen molar-refractivity contribution in [2.45, 2.75) is 0 Å². The molecule has 1 fully saturated rings. The molecule has 1 aliphatic rings. The maximum atomic E-state index is 5.34. The second-order valence-corrected chi connectivity index (χ2v) is 18.5. The van der Waals surface area contributed by atoms with Crippen LogP contribution < -0.4 is 10.0 Å². The number of benzene rings is 1. The van der Waals surface area contributed by atoms with E-state index in [9.17, 15) is 0 Å². The van der Waals surface area contributed by atoms with Crippen molar-refractivity contribution in [2.24, 2.45) is 0 Å². The van der Waals surface area contributed by atoms with Crippen LogP contribution in [-0.2, 0) is 0 Å². The van der Waals surface area contributed by atoms with Crippen LogP contribution in [0.15, 0.2) is 24.3 Å². The molecule has 76 valence electrons. The molecule has 7 heteroatoms. The van der Waals surface area contributed by atoms with Gasteiger partial charge in [-0.2, -0.15) is 0 Å². The molecule has 0 atom stereocenters. The van der Waals surface area contributed by atoms with Crippen LogP contribution in [0.5, 0.6) is 5.75 Å². The summed E-state index contributed by atoms with van der Waals surface area (Å²) in [6, 6.07) is 8.30. The van der Waals surface area contributed by atoms with Crippen LogP contribution in [0.25, 0.3) is 0 Å². The lowest BCUT2D eigenvalue weighted by molar-refractivity contribution is 0.418. The van der Waals surface area contributed by atoms with Crippen molar-refractivity contribution in [1.82, 2.24) is 0 Å². The van der Waals surface area contributed by atoms with Gasteiger partial charge in [-0.05, 0) is 22.5 Å². The van der Waals surface area contributed by atoms with Gasteiger partial charge in [0.1, 0.15) is 5.75 Å². The number of ether oxygens (including phenoxy) is 1. The van der Waals surface area contributed by atoms with Crippen molar-refractivity contribution in [3.63, 3.8) is 0 Å². The zero-order valence-electron chi connectivity index (χ0n) is 7.28. The number of para-hydroxylation sites is 1. The third kappa shape index (κ3) is 2.50. The van der Waals surface area contributed by atoms with Crippen LogP contribution in [0, 0.1) is 0 Å². The third-order valence-corrected chi connectivity index (χ3v) is 27.0. The summed E-state index contributed by atoms with van der Waals surface area (Å²) in [6.45, 7) is 0. The van der Waals surface area contributed by atoms with E-state index in [0.29, 0.717) is 0 Å². The largest absolute Gasteiger partial charge is 0.496 e. The fraction of sp³-hybridized carbons (Fsp3) is 0.143. The first-order chi connectivity index (χ1) is 6.85. The normalized spacial score (nSPS) is 25.6. The average molecular weight is 298 g/mol. The molecule has 1 aromatic carbocycles. The summed E-state index contributed by atoms with van der Waals surface area (Å²) in [5.41, 5.74) is 0.0115.